The van der Waals surface area contributed by atoms with Crippen LogP contribution in [0.4, 0.5) is 0 Å². The van der Waals surface area contributed by atoms with E-state index in [9.17, 15) is 8.42 Å². The van der Waals surface area contributed by atoms with E-state index in [1.54, 1.807) is 16.4 Å². The van der Waals surface area contributed by atoms with Crippen LogP contribution in [0.2, 0.25) is 0 Å². The Bertz CT molecular complexity index is 821. The third kappa shape index (κ3) is 2.81. The molecule has 2 aliphatic rings. The van der Waals surface area contributed by atoms with Gasteiger partial charge in [0.25, 0.3) is 0 Å². The maximum absolute atomic E-state index is 12.7. The predicted octanol–water partition coefficient (Wildman–Crippen LogP) is 2.74. The van der Waals surface area contributed by atoms with Crippen molar-refractivity contribution in [3.05, 3.63) is 51.7 Å². The summed E-state index contributed by atoms with van der Waals surface area (Å²) >= 11 is 1.84. The highest BCUT2D eigenvalue weighted by Crippen LogP contribution is 2.30. The summed E-state index contributed by atoms with van der Waals surface area (Å²) in [6, 6.07) is 9.84. The van der Waals surface area contributed by atoms with Crippen molar-refractivity contribution in [3.63, 3.8) is 0 Å². The summed E-state index contributed by atoms with van der Waals surface area (Å²) in [4.78, 5) is 4.34. The Kier molecular flexibility index (Phi) is 4.24. The summed E-state index contributed by atoms with van der Waals surface area (Å²) in [6.45, 7) is 5.29. The van der Waals surface area contributed by atoms with Crippen molar-refractivity contribution in [1.29, 1.82) is 0 Å². The summed E-state index contributed by atoms with van der Waals surface area (Å²) in [5.41, 5.74) is 2.58. The van der Waals surface area contributed by atoms with Crippen LogP contribution in [0, 0.1) is 0 Å². The Morgan fingerprint density at radius 2 is 1.92 bits per heavy atom. The first-order valence-corrected chi connectivity index (χ1v) is 10.8. The molecule has 1 saturated heterocycles. The molecule has 0 bridgehead atoms. The lowest BCUT2D eigenvalue weighted by atomic mass is 10.0. The van der Waals surface area contributed by atoms with Crippen LogP contribution in [-0.2, 0) is 29.4 Å². The lowest BCUT2D eigenvalue weighted by Gasteiger charge is -2.45. The van der Waals surface area contributed by atoms with Crippen LogP contribution < -0.4 is 0 Å². The average Bonchev–Trinajstić information content (AvgIpc) is 3.01. The Balaban J connectivity index is 1.41. The van der Waals surface area contributed by atoms with E-state index < -0.39 is 10.0 Å². The molecular weight excluding hydrogens is 340 g/mol. The van der Waals surface area contributed by atoms with Gasteiger partial charge < -0.3 is 0 Å². The number of sulfonamides is 1. The smallest absolute Gasteiger partial charge is 0.243 e. The van der Waals surface area contributed by atoms with Crippen LogP contribution in [0.5, 0.6) is 0 Å². The van der Waals surface area contributed by atoms with Crippen LogP contribution >= 0.6 is 11.3 Å². The molecule has 0 amide bonds. The van der Waals surface area contributed by atoms with E-state index in [2.05, 4.69) is 23.3 Å². The van der Waals surface area contributed by atoms with Gasteiger partial charge in [-0.05, 0) is 47.5 Å². The van der Waals surface area contributed by atoms with Crippen LogP contribution in [0.1, 0.15) is 22.9 Å². The van der Waals surface area contributed by atoms with E-state index in [1.165, 1.54) is 10.4 Å². The molecule has 4 rings (SSSR count). The fourth-order valence-corrected chi connectivity index (χ4v) is 5.88. The number of rotatable bonds is 4. The number of nitrogens with zero attached hydrogens (tertiary/aromatic N) is 2. The van der Waals surface area contributed by atoms with E-state index in [0.29, 0.717) is 24.0 Å². The van der Waals surface area contributed by atoms with Crippen molar-refractivity contribution in [3.8, 4) is 0 Å². The molecule has 1 aromatic carbocycles. The van der Waals surface area contributed by atoms with Crippen LogP contribution in [0.3, 0.4) is 0 Å². The molecule has 4 nitrogen and oxygen atoms in total. The highest BCUT2D eigenvalue weighted by molar-refractivity contribution is 7.89. The van der Waals surface area contributed by atoms with Gasteiger partial charge in [0.1, 0.15) is 0 Å². The molecule has 0 saturated carbocycles. The molecule has 6 heteroatoms. The van der Waals surface area contributed by atoms with Crippen LogP contribution in [-0.4, -0.2) is 43.3 Å². The Morgan fingerprint density at radius 1 is 1.17 bits per heavy atom. The fraction of sp³-hybridized carbons (Fsp3) is 0.444. The molecule has 0 spiro atoms. The number of thiophene rings is 1. The van der Waals surface area contributed by atoms with E-state index in [0.717, 1.165) is 31.5 Å². The molecule has 0 aliphatic carbocycles. The Hall–Kier alpha value is -1.21. The van der Waals surface area contributed by atoms with Crippen molar-refractivity contribution in [2.45, 2.75) is 37.2 Å². The first-order valence-electron chi connectivity index (χ1n) is 8.46. The van der Waals surface area contributed by atoms with Crippen molar-refractivity contribution in [2.24, 2.45) is 0 Å². The second-order valence-electron chi connectivity index (χ2n) is 6.56. The van der Waals surface area contributed by atoms with Gasteiger partial charge in [-0.2, -0.15) is 4.31 Å². The van der Waals surface area contributed by atoms with Gasteiger partial charge in [0, 0.05) is 37.1 Å². The fourth-order valence-electron chi connectivity index (χ4n) is 3.47. The molecule has 1 aromatic heterocycles. The standard InChI is InChI=1S/C18H22N2O2S2/c1-2-14-3-5-17(6-4-14)24(21,22)20-12-16(13-20)19-9-7-18-15(11-19)8-10-23-18/h3-6,8,10,16H,2,7,9,11-13H2,1H3. The van der Waals surface area contributed by atoms with E-state index in [4.69, 9.17) is 0 Å². The molecule has 128 valence electrons. The van der Waals surface area contributed by atoms with Crippen molar-refractivity contribution < 1.29 is 8.42 Å². The van der Waals surface area contributed by atoms with Crippen LogP contribution in [0.25, 0.3) is 0 Å². The second-order valence-corrected chi connectivity index (χ2v) is 9.50. The minimum Gasteiger partial charge on any atom is -0.293 e. The lowest BCUT2D eigenvalue weighted by molar-refractivity contribution is 0.0775. The van der Waals surface area contributed by atoms with E-state index >= 15 is 0 Å². The van der Waals surface area contributed by atoms with Gasteiger partial charge in [0.05, 0.1) is 4.90 Å². The number of hydrogen-bond acceptors (Lipinski definition) is 4. The molecule has 2 aliphatic heterocycles. The molecule has 3 heterocycles. The monoisotopic (exact) mass is 362 g/mol. The van der Waals surface area contributed by atoms with Gasteiger partial charge in [-0.25, -0.2) is 8.42 Å². The van der Waals surface area contributed by atoms with Gasteiger partial charge in [-0.3, -0.25) is 4.90 Å². The van der Waals surface area contributed by atoms with Gasteiger partial charge in [-0.1, -0.05) is 19.1 Å². The molecule has 0 unspecified atom stereocenters. The maximum Gasteiger partial charge on any atom is 0.243 e. The first-order chi connectivity index (χ1) is 11.6. The average molecular weight is 363 g/mol. The first kappa shape index (κ1) is 16.3. The van der Waals surface area contributed by atoms with Crippen molar-refractivity contribution in [1.82, 2.24) is 9.21 Å². The maximum atomic E-state index is 12.7. The molecule has 2 aromatic rings. The highest BCUT2D eigenvalue weighted by Gasteiger charge is 2.40. The van der Waals surface area contributed by atoms with Gasteiger partial charge in [0.15, 0.2) is 0 Å². The Labute approximate surface area is 147 Å². The third-order valence-corrected chi connectivity index (χ3v) is 8.02. The quantitative estimate of drug-likeness (QED) is 0.840. The molecule has 1 fully saturated rings. The zero-order valence-electron chi connectivity index (χ0n) is 13.8. The minimum atomic E-state index is -3.34. The number of benzene rings is 1. The SMILES string of the molecule is CCc1ccc(S(=O)(=O)N2CC(N3CCc4sccc4C3)C2)cc1. The zero-order valence-corrected chi connectivity index (χ0v) is 15.4. The molecule has 0 atom stereocenters. The zero-order chi connectivity index (χ0) is 16.7. The topological polar surface area (TPSA) is 40.6 Å². The predicted molar refractivity (Wildman–Crippen MR) is 96.8 cm³/mol. The van der Waals surface area contributed by atoms with Gasteiger partial charge in [-0.15, -0.1) is 11.3 Å². The Morgan fingerprint density at radius 3 is 2.62 bits per heavy atom. The number of fused-ring (bicyclic) bond motifs is 1. The van der Waals surface area contributed by atoms with E-state index in [-0.39, 0.29) is 0 Å². The molecule has 0 N–H and O–H groups in total. The van der Waals surface area contributed by atoms with Gasteiger partial charge >= 0.3 is 0 Å². The van der Waals surface area contributed by atoms with Crippen molar-refractivity contribution in [2.75, 3.05) is 19.6 Å². The largest absolute Gasteiger partial charge is 0.293 e. The summed E-state index contributed by atoms with van der Waals surface area (Å²) < 4.78 is 27.0. The second kappa shape index (κ2) is 6.26. The third-order valence-electron chi connectivity index (χ3n) is 5.15. The van der Waals surface area contributed by atoms with Crippen LogP contribution in [0.15, 0.2) is 40.6 Å². The molecular formula is C18H22N2O2S2. The number of aryl methyl sites for hydroxylation is 1. The summed E-state index contributed by atoms with van der Waals surface area (Å²) in [5.74, 6) is 0. The molecule has 0 radical (unpaired) electrons. The molecule has 24 heavy (non-hydrogen) atoms. The summed E-state index contributed by atoms with van der Waals surface area (Å²) in [5, 5.41) is 2.16. The summed E-state index contributed by atoms with van der Waals surface area (Å²) in [6.07, 6.45) is 2.01. The highest BCUT2D eigenvalue weighted by atomic mass is 32.2. The summed E-state index contributed by atoms with van der Waals surface area (Å²) in [7, 11) is -3.34. The minimum absolute atomic E-state index is 0.350. The van der Waals surface area contributed by atoms with Gasteiger partial charge in [0.2, 0.25) is 10.0 Å². The normalized spacial score (nSPS) is 19.9. The number of hydrogen-bond donors (Lipinski definition) is 0. The van der Waals surface area contributed by atoms with Crippen molar-refractivity contribution >= 4 is 21.4 Å². The lowest BCUT2D eigenvalue weighted by Crippen LogP contribution is -2.61. The van der Waals surface area contributed by atoms with E-state index in [1.807, 2.05) is 23.5 Å².